The van der Waals surface area contributed by atoms with Crippen molar-refractivity contribution in [2.24, 2.45) is 0 Å². The fourth-order valence-corrected chi connectivity index (χ4v) is 5.26. The summed E-state index contributed by atoms with van der Waals surface area (Å²) < 4.78 is 19.5. The van der Waals surface area contributed by atoms with Crippen LogP contribution in [-0.2, 0) is 0 Å². The molecule has 5 aromatic heterocycles. The van der Waals surface area contributed by atoms with Crippen LogP contribution in [0.2, 0.25) is 0 Å². The highest BCUT2D eigenvalue weighted by Gasteiger charge is 2.16. The SMILES string of the molecule is Fc1ccc(-c2cncc3[nH]c(-c4[nH]nc5ncc(-c6cncc(OCCN7CCCC7)c6)cc45)cc23)cc1. The molecule has 0 unspecified atom stereocenters. The van der Waals surface area contributed by atoms with Crippen molar-refractivity contribution in [2.75, 3.05) is 26.2 Å². The Morgan fingerprint density at radius 1 is 0.846 bits per heavy atom. The van der Waals surface area contributed by atoms with Gasteiger partial charge in [0.1, 0.15) is 18.2 Å². The molecule has 6 heterocycles. The second kappa shape index (κ2) is 9.92. The van der Waals surface area contributed by atoms with Crippen molar-refractivity contribution in [3.63, 3.8) is 0 Å². The summed E-state index contributed by atoms with van der Waals surface area (Å²) in [4.78, 5) is 19.3. The molecule has 2 N–H and O–H groups in total. The van der Waals surface area contributed by atoms with E-state index in [9.17, 15) is 4.39 Å². The number of pyridine rings is 3. The molecule has 1 fully saturated rings. The quantitative estimate of drug-likeness (QED) is 0.275. The lowest BCUT2D eigenvalue weighted by Gasteiger charge is -2.15. The minimum atomic E-state index is -0.268. The topological polar surface area (TPSA) is 95.6 Å². The van der Waals surface area contributed by atoms with Crippen molar-refractivity contribution in [3.8, 4) is 39.4 Å². The Labute approximate surface area is 223 Å². The zero-order valence-corrected chi connectivity index (χ0v) is 21.2. The molecule has 1 aliphatic heterocycles. The number of ether oxygens (including phenoxy) is 1. The first-order valence-electron chi connectivity index (χ1n) is 13.1. The van der Waals surface area contributed by atoms with E-state index >= 15 is 0 Å². The van der Waals surface area contributed by atoms with Gasteiger partial charge in [-0.05, 0) is 61.8 Å². The molecule has 1 saturated heterocycles. The van der Waals surface area contributed by atoms with Crippen LogP contribution < -0.4 is 4.74 Å². The van der Waals surface area contributed by atoms with Gasteiger partial charge >= 0.3 is 0 Å². The molecule has 1 aliphatic rings. The van der Waals surface area contributed by atoms with E-state index in [-0.39, 0.29) is 5.82 Å². The molecule has 0 atom stereocenters. The number of benzene rings is 1. The molecule has 6 aromatic rings. The van der Waals surface area contributed by atoms with Gasteiger partial charge in [0.05, 0.1) is 29.3 Å². The van der Waals surface area contributed by atoms with Crippen molar-refractivity contribution in [1.82, 2.24) is 35.0 Å². The second-order valence-corrected chi connectivity index (χ2v) is 9.84. The van der Waals surface area contributed by atoms with Gasteiger partial charge in [0, 0.05) is 52.6 Å². The van der Waals surface area contributed by atoms with Gasteiger partial charge in [-0.3, -0.25) is 20.0 Å². The molecular formula is C30H26FN7O. The molecule has 7 rings (SSSR count). The Hall–Kier alpha value is -4.63. The van der Waals surface area contributed by atoms with Gasteiger partial charge in [-0.1, -0.05) is 12.1 Å². The predicted molar refractivity (Wildman–Crippen MR) is 149 cm³/mol. The fourth-order valence-electron chi connectivity index (χ4n) is 5.26. The largest absolute Gasteiger partial charge is 0.491 e. The highest BCUT2D eigenvalue weighted by Crippen LogP contribution is 2.34. The smallest absolute Gasteiger partial charge is 0.181 e. The standard InChI is InChI=1S/C30H26FN7O/c31-22-5-3-19(4-6-22)26-17-33-18-28-24(26)13-27(35-28)29-25-12-21(15-34-30(25)37-36-29)20-11-23(16-32-14-20)39-10-9-38-7-1-2-8-38/h3-6,11-18,35H,1-2,7-10H2,(H,34,36,37). The molecular weight excluding hydrogens is 493 g/mol. The van der Waals surface area contributed by atoms with Gasteiger partial charge < -0.3 is 9.72 Å². The number of hydrogen-bond acceptors (Lipinski definition) is 6. The minimum absolute atomic E-state index is 0.268. The van der Waals surface area contributed by atoms with E-state index < -0.39 is 0 Å². The molecule has 0 bridgehead atoms. The number of halogens is 1. The monoisotopic (exact) mass is 519 g/mol. The molecule has 39 heavy (non-hydrogen) atoms. The third-order valence-corrected chi connectivity index (χ3v) is 7.30. The highest BCUT2D eigenvalue weighted by atomic mass is 19.1. The van der Waals surface area contributed by atoms with Crippen molar-refractivity contribution in [2.45, 2.75) is 12.8 Å². The zero-order valence-electron chi connectivity index (χ0n) is 21.2. The van der Waals surface area contributed by atoms with Gasteiger partial charge in [-0.25, -0.2) is 9.37 Å². The van der Waals surface area contributed by atoms with E-state index in [1.165, 1.54) is 25.0 Å². The summed E-state index contributed by atoms with van der Waals surface area (Å²) in [7, 11) is 0. The first-order valence-corrected chi connectivity index (χ1v) is 13.1. The number of aromatic nitrogens is 6. The first-order chi connectivity index (χ1) is 19.2. The molecule has 0 radical (unpaired) electrons. The lowest BCUT2D eigenvalue weighted by Crippen LogP contribution is -2.25. The number of nitrogens with zero attached hydrogens (tertiary/aromatic N) is 5. The maximum Gasteiger partial charge on any atom is 0.181 e. The van der Waals surface area contributed by atoms with Crippen LogP contribution in [0.25, 0.3) is 55.6 Å². The number of hydrogen-bond donors (Lipinski definition) is 2. The average Bonchev–Trinajstić information content (AvgIpc) is 3.73. The van der Waals surface area contributed by atoms with Crippen molar-refractivity contribution >= 4 is 21.9 Å². The predicted octanol–water partition coefficient (Wildman–Crippen LogP) is 5.84. The summed E-state index contributed by atoms with van der Waals surface area (Å²) >= 11 is 0. The van der Waals surface area contributed by atoms with Gasteiger partial charge in [-0.2, -0.15) is 5.10 Å². The van der Waals surface area contributed by atoms with Crippen LogP contribution in [0.4, 0.5) is 4.39 Å². The van der Waals surface area contributed by atoms with Crippen LogP contribution >= 0.6 is 0 Å². The number of aromatic amines is 2. The Balaban J connectivity index is 1.20. The number of H-pyrrole nitrogens is 2. The lowest BCUT2D eigenvalue weighted by atomic mass is 10.0. The van der Waals surface area contributed by atoms with Gasteiger partial charge in [-0.15, -0.1) is 0 Å². The summed E-state index contributed by atoms with van der Waals surface area (Å²) in [6.45, 7) is 3.88. The molecule has 9 heteroatoms. The first kappa shape index (κ1) is 23.5. The van der Waals surface area contributed by atoms with Crippen LogP contribution in [0.5, 0.6) is 5.75 Å². The Bertz CT molecular complexity index is 1770. The second-order valence-electron chi connectivity index (χ2n) is 9.84. The molecule has 194 valence electrons. The molecule has 8 nitrogen and oxygen atoms in total. The highest BCUT2D eigenvalue weighted by molar-refractivity contribution is 6.00. The summed E-state index contributed by atoms with van der Waals surface area (Å²) in [5.74, 6) is 0.478. The van der Waals surface area contributed by atoms with Crippen LogP contribution in [-0.4, -0.2) is 61.3 Å². The van der Waals surface area contributed by atoms with Gasteiger partial charge in [0.15, 0.2) is 5.65 Å². The van der Waals surface area contributed by atoms with E-state index in [0.717, 1.165) is 75.3 Å². The third kappa shape index (κ3) is 4.61. The van der Waals surface area contributed by atoms with Crippen LogP contribution in [0, 0.1) is 5.82 Å². The Kier molecular flexibility index (Phi) is 5.97. The van der Waals surface area contributed by atoms with E-state index in [1.807, 2.05) is 12.3 Å². The average molecular weight is 520 g/mol. The van der Waals surface area contributed by atoms with Crippen molar-refractivity contribution < 1.29 is 9.13 Å². The number of fused-ring (bicyclic) bond motifs is 2. The van der Waals surface area contributed by atoms with Crippen molar-refractivity contribution in [3.05, 3.63) is 79.3 Å². The fraction of sp³-hybridized carbons (Fsp3) is 0.200. The van der Waals surface area contributed by atoms with E-state index in [4.69, 9.17) is 4.74 Å². The summed E-state index contributed by atoms with van der Waals surface area (Å²) in [6, 6.07) is 12.6. The van der Waals surface area contributed by atoms with Crippen LogP contribution in [0.3, 0.4) is 0 Å². The molecule has 0 spiro atoms. The third-order valence-electron chi connectivity index (χ3n) is 7.30. The summed E-state index contributed by atoms with van der Waals surface area (Å²) in [5.41, 5.74) is 6.85. The Morgan fingerprint density at radius 2 is 1.67 bits per heavy atom. The minimum Gasteiger partial charge on any atom is -0.491 e. The maximum absolute atomic E-state index is 13.5. The van der Waals surface area contributed by atoms with E-state index in [1.54, 1.807) is 36.9 Å². The van der Waals surface area contributed by atoms with Gasteiger partial charge in [0.2, 0.25) is 0 Å². The van der Waals surface area contributed by atoms with E-state index in [2.05, 4.69) is 47.2 Å². The number of rotatable bonds is 7. The zero-order chi connectivity index (χ0) is 26.2. The summed E-state index contributed by atoms with van der Waals surface area (Å²) in [5, 5.41) is 9.44. The van der Waals surface area contributed by atoms with Crippen LogP contribution in [0.15, 0.2) is 73.4 Å². The summed E-state index contributed by atoms with van der Waals surface area (Å²) in [6.07, 6.45) is 11.5. The lowest BCUT2D eigenvalue weighted by molar-refractivity contribution is 0.237. The number of nitrogens with one attached hydrogen (secondary N) is 2. The number of likely N-dealkylation sites (tertiary alicyclic amines) is 1. The van der Waals surface area contributed by atoms with Crippen LogP contribution in [0.1, 0.15) is 12.8 Å². The molecule has 1 aromatic carbocycles. The maximum atomic E-state index is 13.5. The van der Waals surface area contributed by atoms with E-state index in [0.29, 0.717) is 12.3 Å². The Morgan fingerprint density at radius 3 is 2.54 bits per heavy atom. The normalized spacial score (nSPS) is 14.0. The molecule has 0 amide bonds. The molecule has 0 saturated carbocycles. The van der Waals surface area contributed by atoms with Crippen molar-refractivity contribution in [1.29, 1.82) is 0 Å². The van der Waals surface area contributed by atoms with Gasteiger partial charge in [0.25, 0.3) is 0 Å². The molecule has 0 aliphatic carbocycles.